The summed E-state index contributed by atoms with van der Waals surface area (Å²) in [6, 6.07) is 13.7. The van der Waals surface area contributed by atoms with Gasteiger partial charge in [0.2, 0.25) is 29.5 Å². The number of ether oxygens (including phenoxy) is 6. The first-order chi connectivity index (χ1) is 51.0. The molecular weight excluding hydrogens is 1380 g/mol. The van der Waals surface area contributed by atoms with E-state index in [4.69, 9.17) is 34.2 Å². The van der Waals surface area contributed by atoms with Crippen LogP contribution < -0.4 is 27.0 Å². The lowest BCUT2D eigenvalue weighted by Crippen LogP contribution is -2.54. The highest BCUT2D eigenvalue weighted by atomic mass is 16.8. The third-order valence-electron chi connectivity index (χ3n) is 22.5. The number of nitrogens with one attached hydrogen (secondary N) is 4. The lowest BCUT2D eigenvalue weighted by molar-refractivity contribution is -0.188. The first-order valence-corrected chi connectivity index (χ1v) is 39.5. The number of rotatable bonds is 46. The van der Waals surface area contributed by atoms with Gasteiger partial charge in [0.25, 0.3) is 0 Å². The Hall–Kier alpha value is -6.62. The van der Waals surface area contributed by atoms with Crippen molar-refractivity contribution in [2.24, 2.45) is 53.1 Å². The third kappa shape index (κ3) is 25.5. The van der Waals surface area contributed by atoms with Crippen molar-refractivity contribution in [1.29, 1.82) is 0 Å². The van der Waals surface area contributed by atoms with Gasteiger partial charge in [0.05, 0.1) is 67.5 Å². The molecule has 12 unspecified atom stereocenters. The first kappa shape index (κ1) is 90.3. The quantitative estimate of drug-likeness (QED) is 0.0341. The minimum Gasteiger partial charge on any atom is -0.388 e. The number of hydrogen-bond acceptors (Lipinski definition) is 19. The summed E-state index contributed by atoms with van der Waals surface area (Å²) >= 11 is 0. The molecule has 2 aromatic rings. The molecule has 4 aliphatic heterocycles. The number of aliphatic hydroxyl groups is 2. The molecule has 6 rings (SSSR count). The summed E-state index contributed by atoms with van der Waals surface area (Å²) < 4.78 is 36.6. The molecule has 108 heavy (non-hydrogen) atoms. The predicted molar refractivity (Wildman–Crippen MR) is 409 cm³/mol. The van der Waals surface area contributed by atoms with Gasteiger partial charge in [0.15, 0.2) is 17.4 Å². The highest BCUT2D eigenvalue weighted by Gasteiger charge is 2.55. The number of carbonyl (C=O) groups excluding carboxylic acids is 10. The van der Waals surface area contributed by atoms with Crippen LogP contribution in [0.4, 0.5) is 4.79 Å². The number of nitrogens with zero attached hydrogens (tertiary/aromatic N) is 3. The van der Waals surface area contributed by atoms with E-state index in [-0.39, 0.29) is 167 Å². The fourth-order valence-corrected chi connectivity index (χ4v) is 16.4. The SMILES string of the molecule is CCCC1OC(CC(=O)NC[C@H]2O[C@@H](CC(=O)C[C@@H](C(=O)NC(CCCNC(N)=O)C(=O)Cc3ccc(CCNC(=O)[C@@H](CC(=O)C(C)C(OC)C4CCCN4C(=O)CC(OC)C(C(C)CC)N(C)C(=O)[C@@H](CC(=O)C(C(C)C)N(C)C)C(C)C)Cc4ccccc4)cc3)C(C)C)C(O)C2O)[C@@H]2OC(C)(C)O[C@H]12. The van der Waals surface area contributed by atoms with Crippen LogP contribution in [0.3, 0.4) is 0 Å². The largest absolute Gasteiger partial charge is 0.388 e. The van der Waals surface area contributed by atoms with Crippen LogP contribution in [0.15, 0.2) is 54.6 Å². The number of likely N-dealkylation sites (tertiary alicyclic amines) is 1. The Kier molecular flexibility index (Phi) is 35.7. The summed E-state index contributed by atoms with van der Waals surface area (Å²) in [5.41, 5.74) is 7.70. The second kappa shape index (κ2) is 42.7. The molecule has 0 aliphatic carbocycles. The Morgan fingerprint density at radius 2 is 1.31 bits per heavy atom. The second-order valence-corrected chi connectivity index (χ2v) is 32.4. The number of urea groups is 1. The lowest BCUT2D eigenvalue weighted by atomic mass is 9.83. The van der Waals surface area contributed by atoms with Gasteiger partial charge in [-0.2, -0.15) is 0 Å². The van der Waals surface area contributed by atoms with Crippen molar-refractivity contribution >= 4 is 58.7 Å². The Labute approximate surface area is 641 Å². The van der Waals surface area contributed by atoms with Crippen molar-refractivity contribution in [3.05, 3.63) is 71.3 Å². The summed E-state index contributed by atoms with van der Waals surface area (Å²) in [4.78, 5) is 144. The standard InChI is InChI=1S/C82H130N8O18/c1-18-25-64-76-77(108-82(11,12)107-76)67(105-64)44-69(95)86-46-68-74(98)73(97)66(106-68)42-56(91)41-57(47(3)4)79(100)87-59(28-23-35-85-81(83)102)62(93)39-54-32-30-52(31-33-54)34-36-84-78(99)55(38-53-26-21-20-22-27-53)40-61(92)51(10)75(104-17)60-29-24-37-90(60)70(96)45-65(103-16)72(50(9)19-2)89(15)80(101)58(48(5)6)43-63(94)71(49(7)8)88(13)14/h20-22,26-27,30-33,47-51,55,57-60,64-68,71-77,97-98H,18-19,23-25,28-29,34-46H2,1-17H3,(H,84,99)(H,86,95)(H,87,100)(H3,83,85,102)/t50?,51?,55-,57-,58+,59?,60?,64?,65?,66+,67?,68-,71?,72?,73?,74?,75?,76-,77+/m1/s1. The number of benzene rings is 2. The summed E-state index contributed by atoms with van der Waals surface area (Å²) in [5.74, 6) is -6.76. The number of Topliss-reactive ketones (excluding diaryl/α,β-unsaturated/α-hetero) is 4. The summed E-state index contributed by atoms with van der Waals surface area (Å²) in [6.45, 7) is 23.7. The van der Waals surface area contributed by atoms with Gasteiger partial charge in [-0.25, -0.2) is 4.79 Å². The van der Waals surface area contributed by atoms with E-state index in [9.17, 15) is 58.2 Å². The fraction of sp³-hybridized carbons (Fsp3) is 0.732. The van der Waals surface area contributed by atoms with E-state index in [0.29, 0.717) is 37.8 Å². The van der Waals surface area contributed by atoms with Crippen LogP contribution in [-0.2, 0) is 90.8 Å². The van der Waals surface area contributed by atoms with Gasteiger partial charge in [-0.1, -0.05) is 137 Å². The molecule has 19 atom stereocenters. The molecule has 8 N–H and O–H groups in total. The van der Waals surface area contributed by atoms with Crippen molar-refractivity contribution in [3.8, 4) is 0 Å². The van der Waals surface area contributed by atoms with E-state index in [2.05, 4.69) is 21.3 Å². The number of carbonyl (C=O) groups is 10. The molecule has 0 aromatic heterocycles. The highest BCUT2D eigenvalue weighted by Crippen LogP contribution is 2.41. The lowest BCUT2D eigenvalue weighted by Gasteiger charge is -2.41. The van der Waals surface area contributed by atoms with Crippen LogP contribution in [0.5, 0.6) is 0 Å². The molecule has 2 aromatic carbocycles. The summed E-state index contributed by atoms with van der Waals surface area (Å²) in [7, 11) is 8.60. The summed E-state index contributed by atoms with van der Waals surface area (Å²) in [5, 5.41) is 33.3. The van der Waals surface area contributed by atoms with E-state index < -0.39 is 114 Å². The molecule has 7 amide bonds. The maximum Gasteiger partial charge on any atom is 0.312 e. The molecule has 606 valence electrons. The van der Waals surface area contributed by atoms with Crippen LogP contribution in [0.1, 0.15) is 183 Å². The van der Waals surface area contributed by atoms with E-state index in [0.717, 1.165) is 24.0 Å². The molecule has 26 heteroatoms. The molecule has 0 radical (unpaired) electrons. The van der Waals surface area contributed by atoms with Crippen molar-refractivity contribution in [2.45, 2.75) is 277 Å². The molecule has 4 heterocycles. The Bertz CT molecular complexity index is 3250. The van der Waals surface area contributed by atoms with Gasteiger partial charge < -0.3 is 75.4 Å². The average Bonchev–Trinajstić information content (AvgIpc) is 1.60. The monoisotopic (exact) mass is 1510 g/mol. The normalized spacial score (nSPS) is 23.9. The van der Waals surface area contributed by atoms with Crippen molar-refractivity contribution in [2.75, 3.05) is 61.5 Å². The molecule has 26 nitrogen and oxygen atoms in total. The summed E-state index contributed by atoms with van der Waals surface area (Å²) in [6.07, 6.45) is -3.96. The highest BCUT2D eigenvalue weighted by molar-refractivity contribution is 5.93. The minimum absolute atomic E-state index is 0.0116. The van der Waals surface area contributed by atoms with Crippen molar-refractivity contribution in [3.63, 3.8) is 0 Å². The van der Waals surface area contributed by atoms with Gasteiger partial charge in [-0.3, -0.25) is 48.1 Å². The molecular formula is C82H130N8O18. The maximum atomic E-state index is 14.7. The minimum atomic E-state index is -1.46. The number of methoxy groups -OCH3 is 2. The number of aliphatic hydroxyl groups excluding tert-OH is 2. The molecule has 4 fully saturated rings. The molecule has 4 aliphatic rings. The molecule has 0 spiro atoms. The average molecular weight is 1520 g/mol. The second-order valence-electron chi connectivity index (χ2n) is 32.4. The predicted octanol–water partition coefficient (Wildman–Crippen LogP) is 6.65. The molecule has 0 bridgehead atoms. The van der Waals surface area contributed by atoms with E-state index in [1.807, 2.05) is 124 Å². The topological polar surface area (TPSA) is 350 Å². The number of likely N-dealkylation sites (N-methyl/N-ethyl adjacent to an activating group) is 2. The van der Waals surface area contributed by atoms with Gasteiger partial charge >= 0.3 is 6.03 Å². The first-order valence-electron chi connectivity index (χ1n) is 39.5. The molecule has 4 saturated heterocycles. The maximum absolute atomic E-state index is 14.7. The Morgan fingerprint density at radius 1 is 0.676 bits per heavy atom. The number of hydrogen-bond donors (Lipinski definition) is 7. The van der Waals surface area contributed by atoms with Gasteiger partial charge in [-0.15, -0.1) is 0 Å². The van der Waals surface area contributed by atoms with Gasteiger partial charge in [-0.05, 0) is 113 Å². The van der Waals surface area contributed by atoms with E-state index in [1.54, 1.807) is 56.9 Å². The van der Waals surface area contributed by atoms with Crippen LogP contribution in [0, 0.1) is 47.3 Å². The Balaban J connectivity index is 1.03. The number of ketones is 4. The van der Waals surface area contributed by atoms with E-state index in [1.165, 1.54) is 7.11 Å². The fourth-order valence-electron chi connectivity index (χ4n) is 16.4. The third-order valence-corrected chi connectivity index (χ3v) is 22.5. The number of primary amides is 1. The number of amides is 7. The van der Waals surface area contributed by atoms with Crippen LogP contribution in [0.25, 0.3) is 0 Å². The number of fused-ring (bicyclic) bond motifs is 1. The van der Waals surface area contributed by atoms with Crippen molar-refractivity contribution < 1.29 is 86.6 Å². The Morgan fingerprint density at radius 3 is 1.90 bits per heavy atom. The zero-order valence-corrected chi connectivity index (χ0v) is 67.4. The van der Waals surface area contributed by atoms with Crippen LogP contribution in [-0.4, -0.2) is 236 Å². The zero-order chi connectivity index (χ0) is 80.0. The molecule has 0 saturated carbocycles. The van der Waals surface area contributed by atoms with Crippen LogP contribution in [0.2, 0.25) is 0 Å². The van der Waals surface area contributed by atoms with Gasteiger partial charge in [0.1, 0.15) is 42.1 Å². The number of nitrogens with two attached hydrogens (primary N) is 1. The zero-order valence-electron chi connectivity index (χ0n) is 67.4. The van der Waals surface area contributed by atoms with Crippen molar-refractivity contribution in [1.82, 2.24) is 36.0 Å². The van der Waals surface area contributed by atoms with Gasteiger partial charge in [0, 0.05) is 103 Å². The smallest absolute Gasteiger partial charge is 0.312 e. The van der Waals surface area contributed by atoms with Crippen LogP contribution >= 0.6 is 0 Å². The van der Waals surface area contributed by atoms with E-state index >= 15 is 0 Å².